The third kappa shape index (κ3) is 6.27. The molecule has 1 N–H and O–H groups in total. The number of benzene rings is 2. The van der Waals surface area contributed by atoms with E-state index in [0.717, 1.165) is 4.47 Å². The second-order valence-electron chi connectivity index (χ2n) is 6.22. The Kier molecular flexibility index (Phi) is 9.26. The van der Waals surface area contributed by atoms with Crippen LogP contribution in [0, 0.1) is 0 Å². The third-order valence-electron chi connectivity index (χ3n) is 4.39. The standard InChI is InChI=1S/C21H24BrClN2O5/c1-28-16-6-4-5-14(11-16)18(13-20(26)30-3)24-21(27)25(10-9-23)15-7-8-17(22)19(12-15)29-2/h4-8,11-12,18H,9-10,13H2,1-3H3,(H,24,27). The molecular weight excluding hydrogens is 476 g/mol. The lowest BCUT2D eigenvalue weighted by atomic mass is 10.0. The predicted molar refractivity (Wildman–Crippen MR) is 120 cm³/mol. The van der Waals surface area contributed by atoms with Gasteiger partial charge >= 0.3 is 12.0 Å². The average molecular weight is 500 g/mol. The number of hydrogen-bond donors (Lipinski definition) is 1. The van der Waals surface area contributed by atoms with Crippen molar-refractivity contribution in [2.45, 2.75) is 12.5 Å². The maximum Gasteiger partial charge on any atom is 0.322 e. The fraction of sp³-hybridized carbons (Fsp3) is 0.333. The highest BCUT2D eigenvalue weighted by molar-refractivity contribution is 9.10. The second-order valence-corrected chi connectivity index (χ2v) is 7.45. The number of urea groups is 1. The van der Waals surface area contributed by atoms with Crippen LogP contribution in [0.2, 0.25) is 0 Å². The Morgan fingerprint density at radius 2 is 1.90 bits per heavy atom. The molecule has 9 heteroatoms. The molecule has 0 spiro atoms. The summed E-state index contributed by atoms with van der Waals surface area (Å²) in [5.41, 5.74) is 1.32. The van der Waals surface area contributed by atoms with Gasteiger partial charge in [0.2, 0.25) is 0 Å². The minimum atomic E-state index is -0.616. The van der Waals surface area contributed by atoms with Gasteiger partial charge in [-0.25, -0.2) is 4.79 Å². The molecule has 0 aliphatic rings. The number of amides is 2. The molecule has 0 radical (unpaired) electrons. The zero-order valence-corrected chi connectivity index (χ0v) is 19.3. The summed E-state index contributed by atoms with van der Waals surface area (Å²) in [7, 11) is 4.40. The molecule has 0 bridgehead atoms. The molecule has 1 unspecified atom stereocenters. The molecular formula is C21H24BrClN2O5. The summed E-state index contributed by atoms with van der Waals surface area (Å²) in [5, 5.41) is 2.90. The van der Waals surface area contributed by atoms with Gasteiger partial charge in [-0.1, -0.05) is 12.1 Å². The first-order chi connectivity index (χ1) is 14.4. The summed E-state index contributed by atoms with van der Waals surface area (Å²) in [6, 6.07) is 11.4. The molecule has 0 aromatic heterocycles. The monoisotopic (exact) mass is 498 g/mol. The quantitative estimate of drug-likeness (QED) is 0.405. The summed E-state index contributed by atoms with van der Waals surface area (Å²) >= 11 is 9.34. The van der Waals surface area contributed by atoms with E-state index in [2.05, 4.69) is 21.2 Å². The van der Waals surface area contributed by atoms with Gasteiger partial charge in [0.05, 0.1) is 38.3 Å². The van der Waals surface area contributed by atoms with E-state index < -0.39 is 18.0 Å². The van der Waals surface area contributed by atoms with Crippen molar-refractivity contribution in [1.29, 1.82) is 0 Å². The molecule has 0 saturated heterocycles. The number of nitrogens with one attached hydrogen (secondary N) is 1. The van der Waals surface area contributed by atoms with Crippen LogP contribution >= 0.6 is 27.5 Å². The number of carbonyl (C=O) groups excluding carboxylic acids is 2. The number of ether oxygens (including phenoxy) is 3. The summed E-state index contributed by atoms with van der Waals surface area (Å²) in [5.74, 6) is 0.982. The van der Waals surface area contributed by atoms with E-state index in [-0.39, 0.29) is 18.8 Å². The Labute approximate surface area is 189 Å². The lowest BCUT2D eigenvalue weighted by Crippen LogP contribution is -2.43. The molecule has 2 amide bonds. The van der Waals surface area contributed by atoms with Crippen molar-refractivity contribution in [2.24, 2.45) is 0 Å². The highest BCUT2D eigenvalue weighted by atomic mass is 79.9. The molecule has 2 rings (SSSR count). The van der Waals surface area contributed by atoms with Crippen molar-refractivity contribution < 1.29 is 23.8 Å². The fourth-order valence-corrected chi connectivity index (χ4v) is 3.41. The topological polar surface area (TPSA) is 77.1 Å². The largest absolute Gasteiger partial charge is 0.497 e. The van der Waals surface area contributed by atoms with E-state index in [0.29, 0.717) is 22.7 Å². The lowest BCUT2D eigenvalue weighted by Gasteiger charge is -2.26. The molecule has 30 heavy (non-hydrogen) atoms. The smallest absolute Gasteiger partial charge is 0.322 e. The molecule has 0 aliphatic carbocycles. The van der Waals surface area contributed by atoms with Gasteiger partial charge in [-0.05, 0) is 45.8 Å². The molecule has 2 aromatic carbocycles. The van der Waals surface area contributed by atoms with Crippen molar-refractivity contribution >= 4 is 45.2 Å². The maximum absolute atomic E-state index is 13.1. The van der Waals surface area contributed by atoms with Crippen LogP contribution < -0.4 is 19.7 Å². The number of nitrogens with zero attached hydrogens (tertiary/aromatic N) is 1. The second kappa shape index (κ2) is 11.7. The first-order valence-corrected chi connectivity index (χ1v) is 10.4. The molecule has 162 valence electrons. The predicted octanol–water partition coefficient (Wildman–Crippen LogP) is 4.53. The molecule has 0 heterocycles. The number of methoxy groups -OCH3 is 3. The number of rotatable bonds is 9. The summed E-state index contributed by atoms with van der Waals surface area (Å²) in [4.78, 5) is 26.6. The Balaban J connectivity index is 2.33. The van der Waals surface area contributed by atoms with Gasteiger partial charge in [-0.2, -0.15) is 0 Å². The van der Waals surface area contributed by atoms with Gasteiger partial charge in [-0.3, -0.25) is 9.69 Å². The Bertz CT molecular complexity index is 880. The summed E-state index contributed by atoms with van der Waals surface area (Å²) < 4.78 is 16.1. The van der Waals surface area contributed by atoms with Gasteiger partial charge in [-0.15, -0.1) is 11.6 Å². The Morgan fingerprint density at radius 3 is 2.53 bits per heavy atom. The van der Waals surface area contributed by atoms with Gasteiger partial charge in [0, 0.05) is 24.2 Å². The zero-order valence-electron chi connectivity index (χ0n) is 17.0. The Hall–Kier alpha value is -2.45. The van der Waals surface area contributed by atoms with E-state index in [9.17, 15) is 9.59 Å². The molecule has 2 aromatic rings. The molecule has 7 nitrogen and oxygen atoms in total. The van der Waals surface area contributed by atoms with Crippen LogP contribution in [0.4, 0.5) is 10.5 Å². The SMILES string of the molecule is COC(=O)CC(NC(=O)N(CCCl)c1ccc(Br)c(OC)c1)c1cccc(OC)c1. The van der Waals surface area contributed by atoms with E-state index in [1.165, 1.54) is 12.0 Å². The van der Waals surface area contributed by atoms with Crippen LogP contribution in [0.15, 0.2) is 46.9 Å². The molecule has 0 aliphatic heterocycles. The van der Waals surface area contributed by atoms with Crippen molar-refractivity contribution in [3.63, 3.8) is 0 Å². The Morgan fingerprint density at radius 1 is 1.13 bits per heavy atom. The third-order valence-corrected chi connectivity index (χ3v) is 5.22. The summed E-state index contributed by atoms with van der Waals surface area (Å²) in [6.45, 7) is 0.265. The van der Waals surface area contributed by atoms with Gasteiger partial charge in [0.15, 0.2) is 0 Å². The molecule has 0 saturated carbocycles. The molecule has 0 fully saturated rings. The van der Waals surface area contributed by atoms with Crippen LogP contribution in [0.25, 0.3) is 0 Å². The van der Waals surface area contributed by atoms with Crippen molar-refractivity contribution in [3.8, 4) is 11.5 Å². The first-order valence-electron chi connectivity index (χ1n) is 9.11. The minimum Gasteiger partial charge on any atom is -0.497 e. The van der Waals surface area contributed by atoms with E-state index in [1.54, 1.807) is 50.6 Å². The number of anilines is 1. The van der Waals surface area contributed by atoms with Crippen LogP contribution in [-0.4, -0.2) is 45.8 Å². The van der Waals surface area contributed by atoms with E-state index in [4.69, 9.17) is 25.8 Å². The summed E-state index contributed by atoms with van der Waals surface area (Å²) in [6.07, 6.45) is -0.0339. The van der Waals surface area contributed by atoms with E-state index >= 15 is 0 Å². The maximum atomic E-state index is 13.1. The van der Waals surface area contributed by atoms with Gasteiger partial charge in [0.1, 0.15) is 11.5 Å². The normalized spacial score (nSPS) is 11.4. The van der Waals surface area contributed by atoms with Crippen LogP contribution in [-0.2, 0) is 9.53 Å². The minimum absolute atomic E-state index is 0.0339. The lowest BCUT2D eigenvalue weighted by molar-refractivity contribution is -0.141. The van der Waals surface area contributed by atoms with Gasteiger partial charge < -0.3 is 19.5 Å². The number of hydrogen-bond acceptors (Lipinski definition) is 5. The van der Waals surface area contributed by atoms with E-state index in [1.807, 2.05) is 6.07 Å². The highest BCUT2D eigenvalue weighted by Crippen LogP contribution is 2.30. The number of esters is 1. The molecule has 1 atom stereocenters. The van der Waals surface area contributed by atoms with Crippen LogP contribution in [0.1, 0.15) is 18.0 Å². The average Bonchev–Trinajstić information content (AvgIpc) is 2.77. The number of alkyl halides is 1. The number of halogens is 2. The van der Waals surface area contributed by atoms with Crippen molar-refractivity contribution in [3.05, 3.63) is 52.5 Å². The highest BCUT2D eigenvalue weighted by Gasteiger charge is 2.24. The first kappa shape index (κ1) is 23.8. The van der Waals surface area contributed by atoms with Crippen molar-refractivity contribution in [2.75, 3.05) is 38.7 Å². The van der Waals surface area contributed by atoms with Gasteiger partial charge in [0.25, 0.3) is 0 Å². The number of carbonyl (C=O) groups is 2. The van der Waals surface area contributed by atoms with Crippen molar-refractivity contribution in [1.82, 2.24) is 5.32 Å². The van der Waals surface area contributed by atoms with Crippen LogP contribution in [0.3, 0.4) is 0 Å². The van der Waals surface area contributed by atoms with Crippen LogP contribution in [0.5, 0.6) is 11.5 Å². The fourth-order valence-electron chi connectivity index (χ4n) is 2.84. The zero-order chi connectivity index (χ0) is 22.1.